The first-order valence-electron chi connectivity index (χ1n) is 5.14. The zero-order valence-corrected chi connectivity index (χ0v) is 10.9. The van der Waals surface area contributed by atoms with Gasteiger partial charge in [0.05, 0.1) is 4.47 Å². The van der Waals surface area contributed by atoms with Crippen LogP contribution in [0.25, 0.3) is 0 Å². The Balaban J connectivity index is 2.30. The van der Waals surface area contributed by atoms with Crippen LogP contribution in [0.3, 0.4) is 0 Å². The third kappa shape index (κ3) is 2.68. The fourth-order valence-corrected chi connectivity index (χ4v) is 1.76. The summed E-state index contributed by atoms with van der Waals surface area (Å²) in [6.07, 6.45) is 0. The van der Waals surface area contributed by atoms with Crippen molar-refractivity contribution in [3.8, 4) is 11.5 Å². The second-order valence-corrected chi connectivity index (χ2v) is 4.45. The molecule has 3 N–H and O–H groups in total. The normalized spacial score (nSPS) is 10.1. The molecule has 0 spiro atoms. The van der Waals surface area contributed by atoms with E-state index < -0.39 is 5.82 Å². The van der Waals surface area contributed by atoms with Crippen LogP contribution in [0.2, 0.25) is 0 Å². The highest BCUT2D eigenvalue weighted by atomic mass is 79.9. The molecule has 18 heavy (non-hydrogen) atoms. The molecule has 0 bridgehead atoms. The Kier molecular flexibility index (Phi) is 3.62. The molecule has 0 heterocycles. The van der Waals surface area contributed by atoms with Gasteiger partial charge in [0.1, 0.15) is 11.6 Å². The number of hydrogen-bond donors (Lipinski definition) is 2. The van der Waals surface area contributed by atoms with Gasteiger partial charge in [-0.15, -0.1) is 0 Å². The molecule has 0 aliphatic carbocycles. The summed E-state index contributed by atoms with van der Waals surface area (Å²) in [5.41, 5.74) is 5.60. The molecule has 0 fully saturated rings. The zero-order chi connectivity index (χ0) is 13.1. The van der Waals surface area contributed by atoms with Gasteiger partial charge in [-0.1, -0.05) is 12.1 Å². The van der Waals surface area contributed by atoms with Crippen LogP contribution in [0.15, 0.2) is 46.9 Å². The van der Waals surface area contributed by atoms with Gasteiger partial charge in [0.25, 0.3) is 0 Å². The molecule has 2 rings (SSSR count). The number of halogens is 2. The van der Waals surface area contributed by atoms with E-state index >= 15 is 0 Å². The lowest BCUT2D eigenvalue weighted by Crippen LogP contribution is -2.11. The molecule has 0 amide bonds. The molecule has 0 aliphatic rings. The Morgan fingerprint density at radius 2 is 1.89 bits per heavy atom. The number of nitrogens with two attached hydrogens (primary N) is 1. The highest BCUT2D eigenvalue weighted by Gasteiger charge is 2.09. The Labute approximate surface area is 112 Å². The molecule has 0 saturated heterocycles. The molecule has 5 heteroatoms. The zero-order valence-electron chi connectivity index (χ0n) is 9.28. The van der Waals surface area contributed by atoms with Crippen LogP contribution in [0.4, 0.5) is 4.39 Å². The SMILES string of the molecule is N=C(N)c1ccc(Oc2ccccc2Br)c(F)c1. The molecule has 2 aromatic rings. The minimum atomic E-state index is -0.557. The predicted octanol–water partition coefficient (Wildman–Crippen LogP) is 3.66. The Morgan fingerprint density at radius 3 is 2.50 bits per heavy atom. The number of amidine groups is 1. The number of ether oxygens (including phenoxy) is 1. The van der Waals surface area contributed by atoms with Gasteiger partial charge in [0.2, 0.25) is 0 Å². The standard InChI is InChI=1S/C13H10BrFN2O/c14-9-3-1-2-4-11(9)18-12-6-5-8(13(16)17)7-10(12)15/h1-7H,(H3,16,17). The van der Waals surface area contributed by atoms with E-state index in [1.807, 2.05) is 6.07 Å². The molecule has 3 nitrogen and oxygen atoms in total. The van der Waals surface area contributed by atoms with Crippen LogP contribution in [-0.4, -0.2) is 5.84 Å². The Morgan fingerprint density at radius 1 is 1.17 bits per heavy atom. The monoisotopic (exact) mass is 308 g/mol. The third-order valence-electron chi connectivity index (χ3n) is 2.30. The van der Waals surface area contributed by atoms with E-state index in [-0.39, 0.29) is 11.6 Å². The molecule has 0 saturated carbocycles. The lowest BCUT2D eigenvalue weighted by atomic mass is 10.2. The highest BCUT2D eigenvalue weighted by molar-refractivity contribution is 9.10. The Bertz CT molecular complexity index is 601. The summed E-state index contributed by atoms with van der Waals surface area (Å²) in [4.78, 5) is 0. The van der Waals surface area contributed by atoms with Crippen LogP contribution in [0.5, 0.6) is 11.5 Å². The summed E-state index contributed by atoms with van der Waals surface area (Å²) in [5.74, 6) is -0.126. The summed E-state index contributed by atoms with van der Waals surface area (Å²) < 4.78 is 19.9. The summed E-state index contributed by atoms with van der Waals surface area (Å²) in [5, 5.41) is 7.22. The van der Waals surface area contributed by atoms with Crippen LogP contribution >= 0.6 is 15.9 Å². The lowest BCUT2D eigenvalue weighted by molar-refractivity contribution is 0.440. The van der Waals surface area contributed by atoms with Crippen molar-refractivity contribution in [1.29, 1.82) is 5.41 Å². The molecule has 2 aromatic carbocycles. The average Bonchev–Trinajstić information content (AvgIpc) is 2.34. The Hall–Kier alpha value is -1.88. The van der Waals surface area contributed by atoms with Crippen LogP contribution in [0, 0.1) is 11.2 Å². The molecule has 0 aromatic heterocycles. The molecular weight excluding hydrogens is 299 g/mol. The van der Waals surface area contributed by atoms with Crippen molar-refractivity contribution in [3.05, 3.63) is 58.3 Å². The summed E-state index contributed by atoms with van der Waals surface area (Å²) >= 11 is 3.31. The molecule has 0 atom stereocenters. The fraction of sp³-hybridized carbons (Fsp3) is 0. The largest absolute Gasteiger partial charge is 0.453 e. The van der Waals surface area contributed by atoms with Crippen molar-refractivity contribution >= 4 is 21.8 Å². The number of benzene rings is 2. The number of hydrogen-bond acceptors (Lipinski definition) is 2. The number of rotatable bonds is 3. The molecule has 0 aliphatic heterocycles. The van der Waals surface area contributed by atoms with Crippen LogP contribution < -0.4 is 10.5 Å². The van der Waals surface area contributed by atoms with Gasteiger partial charge in [-0.3, -0.25) is 5.41 Å². The van der Waals surface area contributed by atoms with E-state index in [0.717, 1.165) is 4.47 Å². The highest BCUT2D eigenvalue weighted by Crippen LogP contribution is 2.30. The van der Waals surface area contributed by atoms with E-state index in [2.05, 4.69) is 15.9 Å². The fourth-order valence-electron chi connectivity index (χ4n) is 1.40. The second kappa shape index (κ2) is 5.18. The first-order chi connectivity index (χ1) is 8.58. The van der Waals surface area contributed by atoms with E-state index in [1.54, 1.807) is 18.2 Å². The first-order valence-corrected chi connectivity index (χ1v) is 5.93. The molecule has 92 valence electrons. The smallest absolute Gasteiger partial charge is 0.166 e. The van der Waals surface area contributed by atoms with Gasteiger partial charge >= 0.3 is 0 Å². The topological polar surface area (TPSA) is 59.1 Å². The van der Waals surface area contributed by atoms with Crippen molar-refractivity contribution in [2.75, 3.05) is 0 Å². The first kappa shape index (κ1) is 12.6. The van der Waals surface area contributed by atoms with Gasteiger partial charge in [-0.2, -0.15) is 0 Å². The third-order valence-corrected chi connectivity index (χ3v) is 2.95. The van der Waals surface area contributed by atoms with Crippen LogP contribution in [-0.2, 0) is 0 Å². The quantitative estimate of drug-likeness (QED) is 0.671. The predicted molar refractivity (Wildman–Crippen MR) is 71.6 cm³/mol. The maximum Gasteiger partial charge on any atom is 0.166 e. The van der Waals surface area contributed by atoms with E-state index in [9.17, 15) is 4.39 Å². The van der Waals surface area contributed by atoms with Gasteiger partial charge < -0.3 is 10.5 Å². The average molecular weight is 309 g/mol. The number of nitrogen functional groups attached to an aromatic ring is 1. The number of nitrogens with one attached hydrogen (secondary N) is 1. The van der Waals surface area contributed by atoms with Crippen LogP contribution in [0.1, 0.15) is 5.56 Å². The van der Waals surface area contributed by atoms with Gasteiger partial charge in [0.15, 0.2) is 11.6 Å². The van der Waals surface area contributed by atoms with Gasteiger partial charge in [0, 0.05) is 5.56 Å². The summed E-state index contributed by atoms with van der Waals surface area (Å²) in [6.45, 7) is 0. The summed E-state index contributed by atoms with van der Waals surface area (Å²) in [6, 6.07) is 11.3. The molecule has 0 unspecified atom stereocenters. The van der Waals surface area contributed by atoms with Crippen molar-refractivity contribution in [2.24, 2.45) is 5.73 Å². The maximum atomic E-state index is 13.7. The van der Waals surface area contributed by atoms with Crippen molar-refractivity contribution in [3.63, 3.8) is 0 Å². The van der Waals surface area contributed by atoms with E-state index in [1.165, 1.54) is 18.2 Å². The molecular formula is C13H10BrFN2O. The maximum absolute atomic E-state index is 13.7. The summed E-state index contributed by atoms with van der Waals surface area (Å²) in [7, 11) is 0. The van der Waals surface area contributed by atoms with Crippen molar-refractivity contribution < 1.29 is 9.13 Å². The minimum Gasteiger partial charge on any atom is -0.453 e. The minimum absolute atomic E-state index is 0.0897. The van der Waals surface area contributed by atoms with Gasteiger partial charge in [-0.25, -0.2) is 4.39 Å². The lowest BCUT2D eigenvalue weighted by Gasteiger charge is -2.09. The van der Waals surface area contributed by atoms with Crippen molar-refractivity contribution in [2.45, 2.75) is 0 Å². The van der Waals surface area contributed by atoms with Gasteiger partial charge in [-0.05, 0) is 46.3 Å². The van der Waals surface area contributed by atoms with E-state index in [4.69, 9.17) is 15.9 Å². The van der Waals surface area contributed by atoms with Crippen molar-refractivity contribution in [1.82, 2.24) is 0 Å². The molecule has 0 radical (unpaired) electrons. The second-order valence-electron chi connectivity index (χ2n) is 3.59. The van der Waals surface area contributed by atoms with E-state index in [0.29, 0.717) is 11.3 Å². The number of para-hydroxylation sites is 1.